The maximum Gasteiger partial charge on any atom is 0.191 e. The summed E-state index contributed by atoms with van der Waals surface area (Å²) in [6.07, 6.45) is 8.19. The maximum absolute atomic E-state index is 6.03. The Morgan fingerprint density at radius 3 is 2.65 bits per heavy atom. The van der Waals surface area contributed by atoms with Gasteiger partial charge in [-0.05, 0) is 31.9 Å². The molecular weight excluding hydrogens is 326 g/mol. The molecule has 6 heteroatoms. The van der Waals surface area contributed by atoms with Crippen LogP contribution in [0.3, 0.4) is 0 Å². The van der Waals surface area contributed by atoms with Crippen LogP contribution in [-0.2, 0) is 11.3 Å². The lowest BCUT2D eigenvalue weighted by atomic mass is 10.1. The lowest BCUT2D eigenvalue weighted by Crippen LogP contribution is -2.39. The maximum atomic E-state index is 6.03. The van der Waals surface area contributed by atoms with E-state index in [0.29, 0.717) is 12.6 Å². The number of hydrogen-bond donors (Lipinski definition) is 2. The van der Waals surface area contributed by atoms with Crippen LogP contribution in [0.1, 0.15) is 51.1 Å². The van der Waals surface area contributed by atoms with Crippen molar-refractivity contribution < 1.29 is 4.74 Å². The first-order chi connectivity index (χ1) is 12.7. The summed E-state index contributed by atoms with van der Waals surface area (Å²) >= 11 is 0. The van der Waals surface area contributed by atoms with E-state index in [2.05, 4.69) is 27.5 Å². The predicted octanol–water partition coefficient (Wildman–Crippen LogP) is 2.94. The highest BCUT2D eigenvalue weighted by molar-refractivity contribution is 5.79. The Kier molecular flexibility index (Phi) is 9.24. The number of guanidine groups is 1. The Morgan fingerprint density at radius 2 is 1.96 bits per heavy atom. The van der Waals surface area contributed by atoms with E-state index in [1.165, 1.54) is 38.5 Å². The summed E-state index contributed by atoms with van der Waals surface area (Å²) in [5, 5.41) is 6.64. The van der Waals surface area contributed by atoms with Crippen molar-refractivity contribution in [1.82, 2.24) is 15.6 Å². The van der Waals surface area contributed by atoms with Gasteiger partial charge in [-0.1, -0.05) is 31.7 Å². The second-order valence-electron chi connectivity index (χ2n) is 6.99. The molecule has 146 valence electrons. The predicted molar refractivity (Wildman–Crippen MR) is 109 cm³/mol. The summed E-state index contributed by atoms with van der Waals surface area (Å²) in [4.78, 5) is 11.3. The third kappa shape index (κ3) is 7.60. The molecule has 1 aromatic heterocycles. The average Bonchev–Trinajstić information content (AvgIpc) is 2.92. The van der Waals surface area contributed by atoms with Crippen LogP contribution in [0.25, 0.3) is 0 Å². The van der Waals surface area contributed by atoms with Crippen LogP contribution in [-0.4, -0.2) is 50.8 Å². The van der Waals surface area contributed by atoms with Crippen molar-refractivity contribution in [2.75, 3.05) is 38.7 Å². The van der Waals surface area contributed by atoms with Gasteiger partial charge in [0.15, 0.2) is 5.96 Å². The Bertz CT molecular complexity index is 539. The SMILES string of the molecule is CCNC(=NCc1cccc(N(C)C)n1)NCCOC1CCCCCC1. The molecule has 6 nitrogen and oxygen atoms in total. The van der Waals surface area contributed by atoms with Crippen LogP contribution >= 0.6 is 0 Å². The van der Waals surface area contributed by atoms with E-state index in [-0.39, 0.29) is 0 Å². The van der Waals surface area contributed by atoms with Gasteiger partial charge >= 0.3 is 0 Å². The third-order valence-electron chi connectivity index (χ3n) is 4.54. The van der Waals surface area contributed by atoms with Gasteiger partial charge in [0.2, 0.25) is 0 Å². The zero-order valence-electron chi connectivity index (χ0n) is 16.6. The standard InChI is InChI=1S/C20H35N5O/c1-4-21-20(22-14-15-26-18-11-7-5-6-8-12-18)23-16-17-10-9-13-19(24-17)25(2)3/h9-10,13,18H,4-8,11-12,14-16H2,1-3H3,(H2,21,22,23). The highest BCUT2D eigenvalue weighted by Crippen LogP contribution is 2.19. The quantitative estimate of drug-likeness (QED) is 0.323. The molecule has 0 amide bonds. The first-order valence-corrected chi connectivity index (χ1v) is 9.96. The molecule has 1 aromatic rings. The summed E-state index contributed by atoms with van der Waals surface area (Å²) < 4.78 is 6.03. The molecule has 0 saturated heterocycles. The van der Waals surface area contributed by atoms with Crippen molar-refractivity contribution in [2.45, 2.75) is 58.1 Å². The van der Waals surface area contributed by atoms with Gasteiger partial charge in [-0.15, -0.1) is 0 Å². The molecule has 1 aliphatic carbocycles. The van der Waals surface area contributed by atoms with Crippen LogP contribution in [0, 0.1) is 0 Å². The lowest BCUT2D eigenvalue weighted by molar-refractivity contribution is 0.0468. The average molecular weight is 362 g/mol. The van der Waals surface area contributed by atoms with Crippen molar-refractivity contribution >= 4 is 11.8 Å². The van der Waals surface area contributed by atoms with Gasteiger partial charge in [0.25, 0.3) is 0 Å². The van der Waals surface area contributed by atoms with Crippen LogP contribution in [0.4, 0.5) is 5.82 Å². The van der Waals surface area contributed by atoms with Crippen molar-refractivity contribution in [2.24, 2.45) is 4.99 Å². The number of ether oxygens (including phenoxy) is 1. The van der Waals surface area contributed by atoms with Crippen LogP contribution < -0.4 is 15.5 Å². The molecular formula is C20H35N5O. The zero-order chi connectivity index (χ0) is 18.6. The molecule has 1 saturated carbocycles. The molecule has 0 unspecified atom stereocenters. The molecule has 0 aliphatic heterocycles. The summed E-state index contributed by atoms with van der Waals surface area (Å²) in [7, 11) is 3.99. The molecule has 2 rings (SSSR count). The molecule has 0 bridgehead atoms. The second-order valence-corrected chi connectivity index (χ2v) is 6.99. The number of pyridine rings is 1. The second kappa shape index (κ2) is 11.7. The molecule has 26 heavy (non-hydrogen) atoms. The van der Waals surface area contributed by atoms with E-state index in [1.54, 1.807) is 0 Å². The van der Waals surface area contributed by atoms with E-state index in [1.807, 2.05) is 37.2 Å². The highest BCUT2D eigenvalue weighted by atomic mass is 16.5. The van der Waals surface area contributed by atoms with Crippen molar-refractivity contribution in [3.63, 3.8) is 0 Å². The minimum Gasteiger partial charge on any atom is -0.376 e. The Hall–Kier alpha value is -1.82. The summed E-state index contributed by atoms with van der Waals surface area (Å²) in [6, 6.07) is 6.03. The Labute approximate surface area is 158 Å². The molecule has 1 aliphatic rings. The number of nitrogens with one attached hydrogen (secondary N) is 2. The van der Waals surface area contributed by atoms with E-state index < -0.39 is 0 Å². The fourth-order valence-corrected chi connectivity index (χ4v) is 3.11. The largest absolute Gasteiger partial charge is 0.376 e. The summed E-state index contributed by atoms with van der Waals surface area (Å²) in [5.41, 5.74) is 0.961. The molecule has 0 atom stereocenters. The number of rotatable bonds is 8. The minimum absolute atomic E-state index is 0.441. The van der Waals surface area contributed by atoms with Gasteiger partial charge in [0, 0.05) is 27.2 Å². The lowest BCUT2D eigenvalue weighted by Gasteiger charge is -2.17. The molecule has 0 radical (unpaired) electrons. The van der Waals surface area contributed by atoms with Crippen LogP contribution in [0.2, 0.25) is 0 Å². The van der Waals surface area contributed by atoms with Crippen LogP contribution in [0.5, 0.6) is 0 Å². The van der Waals surface area contributed by atoms with E-state index in [9.17, 15) is 0 Å². The normalized spacial score (nSPS) is 16.2. The number of aliphatic imine (C=N–C) groups is 1. The molecule has 0 aromatic carbocycles. The Morgan fingerprint density at radius 1 is 1.19 bits per heavy atom. The van der Waals surface area contributed by atoms with Crippen molar-refractivity contribution in [3.8, 4) is 0 Å². The first-order valence-electron chi connectivity index (χ1n) is 9.96. The number of anilines is 1. The van der Waals surface area contributed by atoms with Crippen molar-refractivity contribution in [1.29, 1.82) is 0 Å². The monoisotopic (exact) mass is 361 g/mol. The highest BCUT2D eigenvalue weighted by Gasteiger charge is 2.12. The number of nitrogens with zero attached hydrogens (tertiary/aromatic N) is 3. The number of hydrogen-bond acceptors (Lipinski definition) is 4. The van der Waals surface area contributed by atoms with Gasteiger partial charge in [0.1, 0.15) is 5.82 Å². The zero-order valence-corrected chi connectivity index (χ0v) is 16.6. The van der Waals surface area contributed by atoms with Crippen molar-refractivity contribution in [3.05, 3.63) is 23.9 Å². The van der Waals surface area contributed by atoms with E-state index >= 15 is 0 Å². The smallest absolute Gasteiger partial charge is 0.191 e. The summed E-state index contributed by atoms with van der Waals surface area (Å²) in [5.74, 6) is 1.77. The van der Waals surface area contributed by atoms with Gasteiger partial charge in [-0.25, -0.2) is 9.98 Å². The fraction of sp³-hybridized carbons (Fsp3) is 0.700. The van der Waals surface area contributed by atoms with Gasteiger partial charge < -0.3 is 20.3 Å². The topological polar surface area (TPSA) is 61.8 Å². The Balaban J connectivity index is 1.77. The molecule has 0 spiro atoms. The van der Waals surface area contributed by atoms with Gasteiger partial charge in [-0.3, -0.25) is 0 Å². The number of aromatic nitrogens is 1. The van der Waals surface area contributed by atoms with Crippen LogP contribution in [0.15, 0.2) is 23.2 Å². The molecule has 1 fully saturated rings. The van der Waals surface area contributed by atoms with Gasteiger partial charge in [0.05, 0.1) is 24.9 Å². The minimum atomic E-state index is 0.441. The third-order valence-corrected chi connectivity index (χ3v) is 4.54. The van der Waals surface area contributed by atoms with Gasteiger partial charge in [-0.2, -0.15) is 0 Å². The fourth-order valence-electron chi connectivity index (χ4n) is 3.11. The molecule has 1 heterocycles. The first kappa shape index (κ1) is 20.5. The van der Waals surface area contributed by atoms with E-state index in [4.69, 9.17) is 4.74 Å². The summed E-state index contributed by atoms with van der Waals surface area (Å²) in [6.45, 7) is 4.96. The molecule has 2 N–H and O–H groups in total. The van der Waals surface area contributed by atoms with E-state index in [0.717, 1.165) is 37.2 Å².